The Balaban J connectivity index is 1.43. The Morgan fingerprint density at radius 1 is 1.04 bits per heavy atom. The summed E-state index contributed by atoms with van der Waals surface area (Å²) in [7, 11) is 0. The van der Waals surface area contributed by atoms with Crippen LogP contribution in [0.15, 0.2) is 76.3 Å². The topological polar surface area (TPSA) is 44.7 Å². The van der Waals surface area contributed by atoms with E-state index in [1.54, 1.807) is 6.21 Å². The molecule has 6 heteroatoms. The number of carbonyl (C=O) groups excluding carboxylic acids is 1. The third-order valence-corrected chi connectivity index (χ3v) is 5.36. The molecule has 1 aliphatic rings. The van der Waals surface area contributed by atoms with Crippen LogP contribution in [0.4, 0.5) is 5.69 Å². The highest BCUT2D eigenvalue weighted by atomic mass is 79.9. The van der Waals surface area contributed by atoms with E-state index < -0.39 is 0 Å². The van der Waals surface area contributed by atoms with Gasteiger partial charge >= 0.3 is 0 Å². The maximum Gasteiger partial charge on any atom is 0.271 e. The van der Waals surface area contributed by atoms with Gasteiger partial charge in [0.05, 0.1) is 6.21 Å². The van der Waals surface area contributed by atoms with Gasteiger partial charge in [-0.2, -0.15) is 5.10 Å². The molecule has 0 spiro atoms. The minimum absolute atomic E-state index is 0.223. The summed E-state index contributed by atoms with van der Waals surface area (Å²) in [5.74, 6) is -0.223. The Morgan fingerprint density at radius 3 is 2.61 bits per heavy atom. The predicted octanol–water partition coefficient (Wildman–Crippen LogP) is 5.39. The van der Waals surface area contributed by atoms with Crippen molar-refractivity contribution in [1.29, 1.82) is 0 Å². The van der Waals surface area contributed by atoms with E-state index in [1.165, 1.54) is 5.56 Å². The van der Waals surface area contributed by atoms with Gasteiger partial charge in [0.2, 0.25) is 0 Å². The number of anilines is 1. The van der Waals surface area contributed by atoms with Gasteiger partial charge in [-0.05, 0) is 65.2 Å². The van der Waals surface area contributed by atoms with E-state index in [4.69, 9.17) is 11.6 Å². The van der Waals surface area contributed by atoms with Crippen LogP contribution in [0.3, 0.4) is 0 Å². The Labute approximate surface area is 177 Å². The molecule has 0 atom stereocenters. The first-order chi connectivity index (χ1) is 13.6. The molecule has 1 N–H and O–H groups in total. The van der Waals surface area contributed by atoms with Gasteiger partial charge in [-0.15, -0.1) is 0 Å². The Hall–Kier alpha value is -2.63. The number of amides is 1. The lowest BCUT2D eigenvalue weighted by Crippen LogP contribution is -2.17. The first-order valence-electron chi connectivity index (χ1n) is 8.80. The quantitative estimate of drug-likeness (QED) is 0.424. The third kappa shape index (κ3) is 4.26. The van der Waals surface area contributed by atoms with Crippen LogP contribution in [0.2, 0.25) is 5.02 Å². The number of hydrogen-bond acceptors (Lipinski definition) is 3. The largest absolute Gasteiger partial charge is 0.363 e. The molecule has 1 amide bonds. The van der Waals surface area contributed by atoms with Crippen molar-refractivity contribution in [3.05, 3.63) is 98.5 Å². The molecule has 0 fully saturated rings. The number of carbonyl (C=O) groups is 1. The number of hydrazone groups is 1. The van der Waals surface area contributed by atoms with Crippen molar-refractivity contribution in [3.8, 4) is 0 Å². The van der Waals surface area contributed by atoms with E-state index >= 15 is 0 Å². The lowest BCUT2D eigenvalue weighted by Gasteiger charge is -2.17. The Morgan fingerprint density at radius 2 is 1.82 bits per heavy atom. The Bertz CT molecular complexity index is 1050. The van der Waals surface area contributed by atoms with E-state index in [2.05, 4.69) is 31.4 Å². The fourth-order valence-corrected chi connectivity index (χ4v) is 3.73. The molecule has 0 aromatic heterocycles. The summed E-state index contributed by atoms with van der Waals surface area (Å²) in [5.41, 5.74) is 7.59. The van der Waals surface area contributed by atoms with Gasteiger partial charge in [0.15, 0.2) is 0 Å². The first kappa shape index (κ1) is 18.7. The van der Waals surface area contributed by atoms with Crippen LogP contribution in [0.5, 0.6) is 0 Å². The summed E-state index contributed by atoms with van der Waals surface area (Å²) in [5, 5.41) is 4.78. The minimum Gasteiger partial charge on any atom is -0.363 e. The van der Waals surface area contributed by atoms with Crippen LogP contribution in [-0.2, 0) is 13.1 Å². The second-order valence-corrected chi connectivity index (χ2v) is 7.92. The van der Waals surface area contributed by atoms with Crippen molar-refractivity contribution >= 4 is 45.3 Å². The van der Waals surface area contributed by atoms with Crippen LogP contribution >= 0.6 is 27.5 Å². The lowest BCUT2D eigenvalue weighted by atomic mass is 10.1. The summed E-state index contributed by atoms with van der Waals surface area (Å²) in [6.45, 7) is 1.58. The molecule has 3 aromatic rings. The van der Waals surface area contributed by atoms with E-state index in [0.29, 0.717) is 5.56 Å². The first-order valence-corrected chi connectivity index (χ1v) is 9.97. The zero-order chi connectivity index (χ0) is 19.5. The van der Waals surface area contributed by atoms with Crippen molar-refractivity contribution in [1.82, 2.24) is 5.43 Å². The second kappa shape index (κ2) is 8.17. The van der Waals surface area contributed by atoms with Crippen LogP contribution in [0.25, 0.3) is 0 Å². The SMILES string of the molecule is O=C(N/N=C/c1cccc(Br)c1)c1ccc2c(c1)CN(c1ccc(Cl)cc1)C2. The molecule has 28 heavy (non-hydrogen) atoms. The summed E-state index contributed by atoms with van der Waals surface area (Å²) >= 11 is 9.39. The fourth-order valence-electron chi connectivity index (χ4n) is 3.19. The molecule has 0 unspecified atom stereocenters. The van der Waals surface area contributed by atoms with Crippen LogP contribution in [0.1, 0.15) is 27.0 Å². The molecule has 140 valence electrons. The molecule has 0 radical (unpaired) electrons. The van der Waals surface area contributed by atoms with Crippen molar-refractivity contribution < 1.29 is 4.79 Å². The predicted molar refractivity (Wildman–Crippen MR) is 117 cm³/mol. The molecule has 1 aliphatic heterocycles. The zero-order valence-electron chi connectivity index (χ0n) is 14.9. The second-order valence-electron chi connectivity index (χ2n) is 6.57. The van der Waals surface area contributed by atoms with Crippen molar-refractivity contribution in [2.24, 2.45) is 5.10 Å². The molecular formula is C22H17BrClN3O. The van der Waals surface area contributed by atoms with Crippen LogP contribution in [-0.4, -0.2) is 12.1 Å². The molecule has 0 aliphatic carbocycles. The summed E-state index contributed by atoms with van der Waals surface area (Å²) in [6.07, 6.45) is 1.62. The maximum absolute atomic E-state index is 12.4. The normalized spacial score (nSPS) is 13.0. The minimum atomic E-state index is -0.223. The van der Waals surface area contributed by atoms with E-state index in [9.17, 15) is 4.79 Å². The summed E-state index contributed by atoms with van der Waals surface area (Å²) in [6, 6.07) is 21.3. The molecule has 1 heterocycles. The van der Waals surface area contributed by atoms with Gasteiger partial charge in [-0.1, -0.05) is 45.7 Å². The Kier molecular flexibility index (Phi) is 5.46. The highest BCUT2D eigenvalue weighted by Crippen LogP contribution is 2.29. The van der Waals surface area contributed by atoms with E-state index in [1.807, 2.05) is 66.7 Å². The lowest BCUT2D eigenvalue weighted by molar-refractivity contribution is 0.0955. The van der Waals surface area contributed by atoms with E-state index in [-0.39, 0.29) is 5.91 Å². The van der Waals surface area contributed by atoms with Gasteiger partial charge < -0.3 is 4.90 Å². The summed E-state index contributed by atoms with van der Waals surface area (Å²) in [4.78, 5) is 14.7. The van der Waals surface area contributed by atoms with Crippen LogP contribution < -0.4 is 10.3 Å². The van der Waals surface area contributed by atoms with Crippen LogP contribution in [0, 0.1) is 0 Å². The number of fused-ring (bicyclic) bond motifs is 1. The zero-order valence-corrected chi connectivity index (χ0v) is 17.2. The van der Waals surface area contributed by atoms with Gasteiger partial charge in [0, 0.05) is 33.8 Å². The molecular weight excluding hydrogens is 438 g/mol. The van der Waals surface area contributed by atoms with Gasteiger partial charge in [0.1, 0.15) is 0 Å². The molecule has 0 saturated carbocycles. The number of nitrogens with one attached hydrogen (secondary N) is 1. The van der Waals surface area contributed by atoms with Crippen molar-refractivity contribution in [2.45, 2.75) is 13.1 Å². The third-order valence-electron chi connectivity index (χ3n) is 4.61. The molecule has 0 saturated heterocycles. The standard InChI is InChI=1S/C22H17BrClN3O/c23-19-3-1-2-15(10-19)12-25-26-22(28)16-4-5-17-13-27(14-18(17)11-16)21-8-6-20(24)7-9-21/h1-12H,13-14H2,(H,26,28)/b25-12+. The number of halogens is 2. The van der Waals surface area contributed by atoms with E-state index in [0.717, 1.165) is 39.4 Å². The van der Waals surface area contributed by atoms with Gasteiger partial charge in [-0.3, -0.25) is 4.79 Å². The summed E-state index contributed by atoms with van der Waals surface area (Å²) < 4.78 is 0.964. The van der Waals surface area contributed by atoms with Gasteiger partial charge in [0.25, 0.3) is 5.91 Å². The van der Waals surface area contributed by atoms with Crippen molar-refractivity contribution in [2.75, 3.05) is 4.90 Å². The number of rotatable bonds is 4. The molecule has 3 aromatic carbocycles. The molecule has 4 rings (SSSR count). The average molecular weight is 455 g/mol. The highest BCUT2D eigenvalue weighted by molar-refractivity contribution is 9.10. The fraction of sp³-hybridized carbons (Fsp3) is 0.0909. The number of hydrogen-bond donors (Lipinski definition) is 1. The monoisotopic (exact) mass is 453 g/mol. The smallest absolute Gasteiger partial charge is 0.271 e. The molecule has 0 bridgehead atoms. The number of benzene rings is 3. The van der Waals surface area contributed by atoms with Crippen molar-refractivity contribution in [3.63, 3.8) is 0 Å². The highest BCUT2D eigenvalue weighted by Gasteiger charge is 2.20. The number of nitrogens with zero attached hydrogens (tertiary/aromatic N) is 2. The average Bonchev–Trinajstić information content (AvgIpc) is 3.12. The van der Waals surface area contributed by atoms with Gasteiger partial charge in [-0.25, -0.2) is 5.43 Å². The maximum atomic E-state index is 12.4. The molecule has 4 nitrogen and oxygen atoms in total.